The van der Waals surface area contributed by atoms with Crippen molar-refractivity contribution in [2.24, 2.45) is 5.92 Å². The predicted octanol–water partition coefficient (Wildman–Crippen LogP) is 4.92. The summed E-state index contributed by atoms with van der Waals surface area (Å²) in [6.07, 6.45) is -0.840. The summed E-state index contributed by atoms with van der Waals surface area (Å²) in [5.41, 5.74) is 2.65. The molecule has 0 spiro atoms. The summed E-state index contributed by atoms with van der Waals surface area (Å²) in [5.74, 6) is -1.25. The maximum Gasteiger partial charge on any atom is 0.303 e. The van der Waals surface area contributed by atoms with Crippen molar-refractivity contribution in [1.29, 1.82) is 0 Å². The van der Waals surface area contributed by atoms with E-state index in [-0.39, 0.29) is 12.0 Å². The van der Waals surface area contributed by atoms with Crippen LogP contribution >= 0.6 is 15.9 Å². The van der Waals surface area contributed by atoms with Gasteiger partial charge in [0.15, 0.2) is 17.6 Å². The first-order valence-corrected chi connectivity index (χ1v) is 13.2. The number of esters is 2. The molecule has 200 valence electrons. The van der Waals surface area contributed by atoms with Crippen molar-refractivity contribution in [3.05, 3.63) is 57.6 Å². The summed E-state index contributed by atoms with van der Waals surface area (Å²) in [5, 5.41) is 0. The zero-order valence-electron chi connectivity index (χ0n) is 21.7. The Morgan fingerprint density at radius 3 is 2.38 bits per heavy atom. The van der Waals surface area contributed by atoms with Crippen LogP contribution in [0.2, 0.25) is 0 Å². The highest BCUT2D eigenvalue weighted by Gasteiger charge is 2.58. The van der Waals surface area contributed by atoms with Crippen molar-refractivity contribution in [3.63, 3.8) is 0 Å². The van der Waals surface area contributed by atoms with E-state index in [1.165, 1.54) is 21.0 Å². The molecule has 0 aliphatic carbocycles. The van der Waals surface area contributed by atoms with Gasteiger partial charge in [0.05, 0.1) is 6.10 Å². The molecule has 37 heavy (non-hydrogen) atoms. The molecule has 0 radical (unpaired) electrons. The molecule has 1 fully saturated rings. The zero-order valence-corrected chi connectivity index (χ0v) is 23.3. The van der Waals surface area contributed by atoms with E-state index in [0.29, 0.717) is 31.6 Å². The fourth-order valence-corrected chi connectivity index (χ4v) is 5.49. The molecule has 1 unspecified atom stereocenters. The third-order valence-corrected chi connectivity index (χ3v) is 7.63. The summed E-state index contributed by atoms with van der Waals surface area (Å²) >= 11 is 3.67. The number of hydrogen-bond acceptors (Lipinski definition) is 8. The van der Waals surface area contributed by atoms with Crippen LogP contribution in [-0.2, 0) is 40.7 Å². The van der Waals surface area contributed by atoms with Crippen LogP contribution in [0.4, 0.5) is 0 Å². The van der Waals surface area contributed by atoms with Gasteiger partial charge in [-0.3, -0.25) is 9.59 Å². The Labute approximate surface area is 225 Å². The van der Waals surface area contributed by atoms with Crippen molar-refractivity contribution >= 4 is 27.9 Å². The lowest BCUT2D eigenvalue weighted by atomic mass is 9.81. The van der Waals surface area contributed by atoms with E-state index in [1.54, 1.807) is 0 Å². The minimum Gasteiger partial charge on any atom is -0.486 e. The Morgan fingerprint density at radius 1 is 1.03 bits per heavy atom. The highest BCUT2D eigenvalue weighted by atomic mass is 79.9. The number of hydrogen-bond donors (Lipinski definition) is 0. The Balaban J connectivity index is 1.76. The molecule has 9 heteroatoms. The van der Waals surface area contributed by atoms with Crippen LogP contribution < -0.4 is 9.47 Å². The molecule has 5 atom stereocenters. The number of benzene rings is 2. The first kappa shape index (κ1) is 27.4. The maximum absolute atomic E-state index is 12.2. The molecule has 0 N–H and O–H groups in total. The molecule has 0 aromatic heterocycles. The minimum absolute atomic E-state index is 0.228. The van der Waals surface area contributed by atoms with Crippen molar-refractivity contribution in [2.75, 3.05) is 20.3 Å². The van der Waals surface area contributed by atoms with Gasteiger partial charge in [0.2, 0.25) is 5.79 Å². The topological polar surface area (TPSA) is 89.5 Å². The highest BCUT2D eigenvalue weighted by Crippen LogP contribution is 2.45. The molecule has 8 nitrogen and oxygen atoms in total. The smallest absolute Gasteiger partial charge is 0.303 e. The van der Waals surface area contributed by atoms with Gasteiger partial charge in [0.1, 0.15) is 19.3 Å². The van der Waals surface area contributed by atoms with Crippen LogP contribution in [0, 0.1) is 5.92 Å². The quantitative estimate of drug-likeness (QED) is 0.429. The fourth-order valence-electron chi connectivity index (χ4n) is 5.10. The van der Waals surface area contributed by atoms with Crippen LogP contribution in [0.3, 0.4) is 0 Å². The Bertz CT molecular complexity index is 1150. The summed E-state index contributed by atoms with van der Waals surface area (Å²) in [6.45, 7) is 7.63. The first-order chi connectivity index (χ1) is 17.7. The van der Waals surface area contributed by atoms with Crippen LogP contribution in [-0.4, -0.2) is 50.6 Å². The van der Waals surface area contributed by atoms with E-state index in [9.17, 15) is 9.59 Å². The van der Waals surface area contributed by atoms with E-state index in [2.05, 4.69) is 15.9 Å². The van der Waals surface area contributed by atoms with E-state index in [4.69, 9.17) is 28.4 Å². The van der Waals surface area contributed by atoms with Gasteiger partial charge in [-0.05, 0) is 48.2 Å². The lowest BCUT2D eigenvalue weighted by Crippen LogP contribution is -2.62. The van der Waals surface area contributed by atoms with Gasteiger partial charge in [-0.1, -0.05) is 41.9 Å². The van der Waals surface area contributed by atoms with Crippen LogP contribution in [0.25, 0.3) is 0 Å². The number of methoxy groups -OCH3 is 1. The molecule has 0 amide bonds. The SMILES string of the molecule is CC[C@H]1OC(OC)(c2ccc(Br)c(Cc3ccc4c(c3)OCCO4)c2)[C@H](OC(C)=O)[C@@H](OC(C)=O)[C@@H]1C. The van der Waals surface area contributed by atoms with E-state index < -0.39 is 29.9 Å². The second kappa shape index (κ2) is 11.4. The molecule has 2 aliphatic heterocycles. The molecular weight excluding hydrogens is 544 g/mol. The van der Waals surface area contributed by atoms with Gasteiger partial charge in [-0.25, -0.2) is 0 Å². The van der Waals surface area contributed by atoms with Gasteiger partial charge < -0.3 is 28.4 Å². The van der Waals surface area contributed by atoms with Gasteiger partial charge in [-0.2, -0.15) is 0 Å². The van der Waals surface area contributed by atoms with Crippen molar-refractivity contribution in [3.8, 4) is 11.5 Å². The normalized spacial score (nSPS) is 26.9. The highest BCUT2D eigenvalue weighted by molar-refractivity contribution is 9.10. The van der Waals surface area contributed by atoms with E-state index >= 15 is 0 Å². The lowest BCUT2D eigenvalue weighted by Gasteiger charge is -2.50. The number of carbonyl (C=O) groups is 2. The van der Waals surface area contributed by atoms with E-state index in [1.807, 2.05) is 50.2 Å². The van der Waals surface area contributed by atoms with Crippen LogP contribution in [0.5, 0.6) is 11.5 Å². The fraction of sp³-hybridized carbons (Fsp3) is 0.500. The van der Waals surface area contributed by atoms with Crippen molar-refractivity contribution in [2.45, 2.75) is 64.6 Å². The molecule has 2 aromatic carbocycles. The average molecular weight is 577 g/mol. The standard InChI is InChI=1S/C28H33BrO8/c1-6-23-16(2)26(35-17(3)30)27(36-18(4)31)28(32-5,37-23)21-8-9-22(29)20(15-21)13-19-7-10-24-25(14-19)34-12-11-33-24/h7-10,14-16,23,26-27H,6,11-13H2,1-5H3/t16-,23-,26+,27-,28?/m1/s1. The van der Waals surface area contributed by atoms with Crippen molar-refractivity contribution in [1.82, 2.24) is 0 Å². The summed E-state index contributed by atoms with van der Waals surface area (Å²) in [4.78, 5) is 24.3. The molecule has 0 saturated carbocycles. The largest absolute Gasteiger partial charge is 0.486 e. The second-order valence-corrected chi connectivity index (χ2v) is 10.2. The Morgan fingerprint density at radius 2 is 1.73 bits per heavy atom. The lowest BCUT2D eigenvalue weighted by molar-refractivity contribution is -0.356. The van der Waals surface area contributed by atoms with Gasteiger partial charge >= 0.3 is 11.9 Å². The second-order valence-electron chi connectivity index (χ2n) is 9.36. The molecule has 2 heterocycles. The molecule has 2 aromatic rings. The van der Waals surface area contributed by atoms with E-state index in [0.717, 1.165) is 27.1 Å². The average Bonchev–Trinajstić information content (AvgIpc) is 2.87. The molecule has 1 saturated heterocycles. The first-order valence-electron chi connectivity index (χ1n) is 12.4. The van der Waals surface area contributed by atoms with Crippen molar-refractivity contribution < 1.29 is 38.0 Å². The molecule has 2 aliphatic rings. The number of halogens is 1. The summed E-state index contributed by atoms with van der Waals surface area (Å²) in [6, 6.07) is 11.6. The molecule has 4 rings (SSSR count). The number of fused-ring (bicyclic) bond motifs is 1. The third-order valence-electron chi connectivity index (χ3n) is 6.85. The monoisotopic (exact) mass is 576 g/mol. The number of carbonyl (C=O) groups excluding carboxylic acids is 2. The van der Waals surface area contributed by atoms with Crippen LogP contribution in [0.15, 0.2) is 40.9 Å². The Hall–Kier alpha value is -2.62. The van der Waals surface area contributed by atoms with Gasteiger partial charge in [-0.15, -0.1) is 0 Å². The molecule has 0 bridgehead atoms. The third kappa shape index (κ3) is 5.63. The van der Waals surface area contributed by atoms with Crippen LogP contribution in [0.1, 0.15) is 50.8 Å². The predicted molar refractivity (Wildman–Crippen MR) is 139 cm³/mol. The van der Waals surface area contributed by atoms with Gasteiger partial charge in [0, 0.05) is 36.9 Å². The minimum atomic E-state index is -1.48. The zero-order chi connectivity index (χ0) is 26.7. The maximum atomic E-state index is 12.2. The summed E-state index contributed by atoms with van der Waals surface area (Å²) in [7, 11) is 1.51. The Kier molecular flexibility index (Phi) is 8.46. The summed E-state index contributed by atoms with van der Waals surface area (Å²) < 4.78 is 36.4. The van der Waals surface area contributed by atoms with Gasteiger partial charge in [0.25, 0.3) is 0 Å². The number of rotatable bonds is 7. The molecular formula is C28H33BrO8. The number of ether oxygens (including phenoxy) is 6.